The van der Waals surface area contributed by atoms with E-state index in [1.807, 2.05) is 27.7 Å². The number of oxime groups is 1. The van der Waals surface area contributed by atoms with Gasteiger partial charge in [0.15, 0.2) is 11.5 Å². The first-order valence-corrected chi connectivity index (χ1v) is 7.98. The maximum atomic E-state index is 6.43. The summed E-state index contributed by atoms with van der Waals surface area (Å²) in [5.41, 5.74) is 0.194. The minimum atomic E-state index is -0.420. The maximum Gasteiger partial charge on any atom is 0.203 e. The highest BCUT2D eigenvalue weighted by molar-refractivity contribution is 6.34. The van der Waals surface area contributed by atoms with E-state index in [9.17, 15) is 0 Å². The van der Waals surface area contributed by atoms with Crippen LogP contribution in [0.15, 0.2) is 29.9 Å². The average Bonchev–Trinajstić information content (AvgIpc) is 3.01. The van der Waals surface area contributed by atoms with E-state index in [2.05, 4.69) is 15.2 Å². The van der Waals surface area contributed by atoms with Crippen LogP contribution in [0.1, 0.15) is 33.3 Å². The summed E-state index contributed by atoms with van der Waals surface area (Å²) in [6, 6.07) is 3.49. The summed E-state index contributed by atoms with van der Waals surface area (Å²) in [5.74, 6) is 1.62. The number of hydrogen-bond donors (Lipinski definition) is 0. The van der Waals surface area contributed by atoms with Crippen molar-refractivity contribution in [1.82, 2.24) is 14.8 Å². The predicted molar refractivity (Wildman–Crippen MR) is 89.8 cm³/mol. The third-order valence-electron chi connectivity index (χ3n) is 3.22. The number of fused-ring (bicyclic) bond motifs is 1. The minimum Gasteiger partial charge on any atom is -0.485 e. The van der Waals surface area contributed by atoms with Crippen LogP contribution in [-0.4, -0.2) is 38.9 Å². The molecule has 3 rings (SSSR count). The molecule has 1 aliphatic heterocycles. The number of ether oxygens (including phenoxy) is 2. The van der Waals surface area contributed by atoms with Crippen molar-refractivity contribution < 1.29 is 14.3 Å². The summed E-state index contributed by atoms with van der Waals surface area (Å²) < 4.78 is 13.2. The monoisotopic (exact) mass is 350 g/mol. The van der Waals surface area contributed by atoms with E-state index in [0.717, 1.165) is 0 Å². The molecule has 7 nitrogen and oxygen atoms in total. The number of rotatable bonds is 3. The van der Waals surface area contributed by atoms with Gasteiger partial charge in [-0.15, -0.1) is 0 Å². The highest BCUT2D eigenvalue weighted by atomic mass is 35.5. The number of halogens is 1. The molecule has 2 aromatic rings. The molecule has 1 aromatic heterocycles. The maximum absolute atomic E-state index is 6.43. The van der Waals surface area contributed by atoms with Gasteiger partial charge in [0.2, 0.25) is 5.84 Å². The molecule has 1 aliphatic rings. The molecular formula is C16H19ClN4O3. The van der Waals surface area contributed by atoms with Crippen LogP contribution in [0.5, 0.6) is 11.5 Å². The number of hydrogen-bond acceptors (Lipinski definition) is 6. The molecule has 24 heavy (non-hydrogen) atoms. The molecule has 128 valence electrons. The van der Waals surface area contributed by atoms with Crippen LogP contribution in [0.3, 0.4) is 0 Å². The van der Waals surface area contributed by atoms with Gasteiger partial charge in [0.25, 0.3) is 0 Å². The van der Waals surface area contributed by atoms with Crippen molar-refractivity contribution in [2.45, 2.75) is 39.4 Å². The Bertz CT molecular complexity index is 757. The summed E-state index contributed by atoms with van der Waals surface area (Å²) in [6.45, 7) is 8.14. The highest BCUT2D eigenvalue weighted by Crippen LogP contribution is 2.39. The lowest BCUT2D eigenvalue weighted by Crippen LogP contribution is -2.38. The normalized spacial score (nSPS) is 16.3. The molecule has 0 saturated heterocycles. The molecule has 0 bridgehead atoms. The van der Waals surface area contributed by atoms with Crippen molar-refractivity contribution in [2.24, 2.45) is 5.16 Å². The summed E-state index contributed by atoms with van der Waals surface area (Å²) in [6.07, 6.45) is 2.86. The molecule has 1 aromatic carbocycles. The molecule has 0 saturated carbocycles. The van der Waals surface area contributed by atoms with E-state index in [1.54, 1.807) is 12.1 Å². The second kappa shape index (κ2) is 6.32. The quantitative estimate of drug-likeness (QED) is 0.483. The van der Waals surface area contributed by atoms with Gasteiger partial charge in [0, 0.05) is 11.6 Å². The van der Waals surface area contributed by atoms with Crippen molar-refractivity contribution in [3.05, 3.63) is 35.4 Å². The molecule has 8 heteroatoms. The first-order chi connectivity index (χ1) is 11.4. The Morgan fingerprint density at radius 2 is 2.17 bits per heavy atom. The lowest BCUT2D eigenvalue weighted by Gasteiger charge is -2.32. The van der Waals surface area contributed by atoms with E-state index >= 15 is 0 Å². The van der Waals surface area contributed by atoms with Gasteiger partial charge >= 0.3 is 0 Å². The first-order valence-electron chi connectivity index (χ1n) is 7.60. The second-order valence-electron chi connectivity index (χ2n) is 6.34. The summed E-state index contributed by atoms with van der Waals surface area (Å²) in [5, 5.41) is 8.75. The van der Waals surface area contributed by atoms with Crippen LogP contribution in [-0.2, 0) is 4.84 Å². The van der Waals surface area contributed by atoms with Crippen LogP contribution in [0.4, 0.5) is 0 Å². The summed E-state index contributed by atoms with van der Waals surface area (Å²) in [7, 11) is 0. The van der Waals surface area contributed by atoms with Crippen molar-refractivity contribution in [3.63, 3.8) is 0 Å². The van der Waals surface area contributed by atoms with Crippen LogP contribution in [0, 0.1) is 0 Å². The zero-order chi connectivity index (χ0) is 17.3. The average molecular weight is 351 g/mol. The molecule has 0 fully saturated rings. The predicted octanol–water partition coefficient (Wildman–Crippen LogP) is 3.12. The molecule has 0 unspecified atom stereocenters. The zero-order valence-corrected chi connectivity index (χ0v) is 14.7. The number of nitrogens with zero attached hydrogens (tertiary/aromatic N) is 4. The molecule has 0 radical (unpaired) electrons. The second-order valence-corrected chi connectivity index (χ2v) is 6.75. The Hall–Kier alpha value is -2.28. The molecule has 0 atom stereocenters. The van der Waals surface area contributed by atoms with Gasteiger partial charge in [-0.05, 0) is 33.8 Å². The van der Waals surface area contributed by atoms with E-state index in [0.29, 0.717) is 34.5 Å². The van der Waals surface area contributed by atoms with Gasteiger partial charge in [-0.25, -0.2) is 4.98 Å². The molecule has 0 amide bonds. The van der Waals surface area contributed by atoms with Gasteiger partial charge in [-0.2, -0.15) is 9.78 Å². The van der Waals surface area contributed by atoms with Crippen molar-refractivity contribution in [2.75, 3.05) is 6.61 Å². The Labute approximate surface area is 145 Å². The van der Waals surface area contributed by atoms with Crippen molar-refractivity contribution in [1.29, 1.82) is 0 Å². The SMILES string of the molecule is CC(C)O/N=C(/c1cc2c(cc1Cl)OCC(C)(C)O2)n1cncn1. The van der Waals surface area contributed by atoms with E-state index in [4.69, 9.17) is 25.9 Å². The third kappa shape index (κ3) is 3.46. The molecule has 0 spiro atoms. The Morgan fingerprint density at radius 1 is 1.38 bits per heavy atom. The third-order valence-corrected chi connectivity index (χ3v) is 3.53. The van der Waals surface area contributed by atoms with Crippen LogP contribution < -0.4 is 9.47 Å². The van der Waals surface area contributed by atoms with Crippen LogP contribution in [0.25, 0.3) is 0 Å². The number of aromatic nitrogens is 3. The summed E-state index contributed by atoms with van der Waals surface area (Å²) in [4.78, 5) is 9.34. The van der Waals surface area contributed by atoms with Gasteiger partial charge in [0.05, 0.1) is 5.02 Å². The standard InChI is InChI=1S/C16H19ClN4O3/c1-10(2)24-20-15(21-9-18-8-19-21)11-5-14-13(6-12(11)17)22-7-16(3,4)23-14/h5-6,8-10H,7H2,1-4H3/b20-15-. The molecule has 0 N–H and O–H groups in total. The lowest BCUT2D eigenvalue weighted by molar-refractivity contribution is 0.0213. The fourth-order valence-electron chi connectivity index (χ4n) is 2.17. The topological polar surface area (TPSA) is 70.8 Å². The minimum absolute atomic E-state index is 0.0848. The van der Waals surface area contributed by atoms with Gasteiger partial charge in [-0.1, -0.05) is 16.8 Å². The smallest absolute Gasteiger partial charge is 0.203 e. The zero-order valence-electron chi connectivity index (χ0n) is 14.0. The largest absolute Gasteiger partial charge is 0.485 e. The summed E-state index contributed by atoms with van der Waals surface area (Å²) >= 11 is 6.43. The Balaban J connectivity index is 2.07. The first kappa shape index (κ1) is 16.6. The van der Waals surface area contributed by atoms with E-state index in [-0.39, 0.29) is 6.10 Å². The van der Waals surface area contributed by atoms with Gasteiger partial charge in [-0.3, -0.25) is 0 Å². The van der Waals surface area contributed by atoms with Crippen molar-refractivity contribution in [3.8, 4) is 11.5 Å². The lowest BCUT2D eigenvalue weighted by atomic mass is 10.1. The fraction of sp³-hybridized carbons (Fsp3) is 0.438. The Kier molecular flexibility index (Phi) is 4.36. The van der Waals surface area contributed by atoms with Gasteiger partial charge in [0.1, 0.15) is 31.0 Å². The van der Waals surface area contributed by atoms with Crippen molar-refractivity contribution >= 4 is 17.4 Å². The number of benzene rings is 1. The molecule has 2 heterocycles. The molecule has 0 aliphatic carbocycles. The van der Waals surface area contributed by atoms with Crippen LogP contribution in [0.2, 0.25) is 5.02 Å². The van der Waals surface area contributed by atoms with E-state index < -0.39 is 5.60 Å². The fourth-order valence-corrected chi connectivity index (χ4v) is 2.40. The molecular weight excluding hydrogens is 332 g/mol. The van der Waals surface area contributed by atoms with Crippen LogP contribution >= 0.6 is 11.6 Å². The van der Waals surface area contributed by atoms with Gasteiger partial charge < -0.3 is 14.3 Å². The highest BCUT2D eigenvalue weighted by Gasteiger charge is 2.30. The van der Waals surface area contributed by atoms with E-state index in [1.165, 1.54) is 17.3 Å². The Morgan fingerprint density at radius 3 is 2.83 bits per heavy atom.